The summed E-state index contributed by atoms with van der Waals surface area (Å²) in [6.45, 7) is 0. The van der Waals surface area contributed by atoms with Crippen LogP contribution in [0.25, 0.3) is 11.1 Å². The summed E-state index contributed by atoms with van der Waals surface area (Å²) in [4.78, 5) is 35.8. The van der Waals surface area contributed by atoms with Gasteiger partial charge in [-0.2, -0.15) is 0 Å². The molecule has 0 unspecified atom stereocenters. The van der Waals surface area contributed by atoms with Gasteiger partial charge >= 0.3 is 17.8 Å². The molecule has 0 bridgehead atoms. The topological polar surface area (TPSA) is 128 Å². The van der Waals surface area contributed by atoms with E-state index in [-0.39, 0.29) is 12.8 Å². The van der Waals surface area contributed by atoms with Crippen LogP contribution >= 0.6 is 23.2 Å². The Kier molecular flexibility index (Phi) is 9.08. The van der Waals surface area contributed by atoms with E-state index in [4.69, 9.17) is 28.3 Å². The van der Waals surface area contributed by atoms with E-state index in [2.05, 4.69) is 16.2 Å². The smallest absolute Gasteiger partial charge is 0.332 e. The van der Waals surface area contributed by atoms with Crippen LogP contribution in [0.3, 0.4) is 0 Å². The molecule has 0 heterocycles. The summed E-state index contributed by atoms with van der Waals surface area (Å²) in [5.74, 6) is -3.43. The number of aliphatic hydroxyl groups excluding tert-OH is 1. The minimum atomic E-state index is -1.71. The van der Waals surface area contributed by atoms with Crippen LogP contribution in [0.2, 0.25) is 10.0 Å². The summed E-state index contributed by atoms with van der Waals surface area (Å²) < 4.78 is 0. The summed E-state index contributed by atoms with van der Waals surface area (Å²) in [7, 11) is 0. The van der Waals surface area contributed by atoms with Crippen LogP contribution in [0.15, 0.2) is 72.8 Å². The van der Waals surface area contributed by atoms with Gasteiger partial charge in [0.1, 0.15) is 0 Å². The fraction of sp³-hybridized carbons (Fsp3) is 0.160. The van der Waals surface area contributed by atoms with Crippen molar-refractivity contribution < 1.29 is 24.6 Å². The Morgan fingerprint density at radius 2 is 1.57 bits per heavy atom. The molecule has 3 rings (SSSR count). The predicted molar refractivity (Wildman–Crippen MR) is 134 cm³/mol. The largest absolute Gasteiger partial charge is 0.479 e. The number of hydrazine groups is 1. The lowest BCUT2D eigenvalue weighted by atomic mass is 9.98. The number of para-hydroxylation sites is 1. The molecule has 0 radical (unpaired) electrons. The molecule has 10 heteroatoms. The first-order chi connectivity index (χ1) is 16.7. The van der Waals surface area contributed by atoms with Gasteiger partial charge in [-0.3, -0.25) is 20.4 Å². The number of carboxylic acids is 1. The highest BCUT2D eigenvalue weighted by Crippen LogP contribution is 2.23. The van der Waals surface area contributed by atoms with Gasteiger partial charge in [0.25, 0.3) is 0 Å². The fourth-order valence-corrected chi connectivity index (χ4v) is 3.72. The third-order valence-electron chi connectivity index (χ3n) is 5.11. The fourth-order valence-electron chi connectivity index (χ4n) is 3.34. The highest BCUT2D eigenvalue weighted by Gasteiger charge is 2.24. The number of aliphatic hydroxyl groups is 1. The van der Waals surface area contributed by atoms with Crippen molar-refractivity contribution in [3.05, 3.63) is 88.4 Å². The number of nitrogens with one attached hydrogen (secondary N) is 3. The van der Waals surface area contributed by atoms with E-state index in [1.807, 2.05) is 42.5 Å². The van der Waals surface area contributed by atoms with E-state index >= 15 is 0 Å². The summed E-state index contributed by atoms with van der Waals surface area (Å²) >= 11 is 12.1. The van der Waals surface area contributed by atoms with Crippen LogP contribution in [0.4, 0.5) is 5.69 Å². The number of carbonyl (C=O) groups excluding carboxylic acids is 2. The Balaban J connectivity index is 1.66. The summed E-state index contributed by atoms with van der Waals surface area (Å²) in [6.07, 6.45) is -1.81. The SMILES string of the molecule is O=C(NNc1ccccc1Cl)C(=O)N[C@H](Cc1ccc(-c2cccc(Cl)c2)cc1)C[C@@H](O)C(=O)O. The Hall–Kier alpha value is -3.59. The number of hydrogen-bond donors (Lipinski definition) is 5. The number of halogens is 2. The molecule has 0 aromatic heterocycles. The second-order valence-corrected chi connectivity index (χ2v) is 8.57. The van der Waals surface area contributed by atoms with Gasteiger partial charge in [-0.05, 0) is 47.4 Å². The van der Waals surface area contributed by atoms with E-state index in [9.17, 15) is 19.5 Å². The van der Waals surface area contributed by atoms with Crippen molar-refractivity contribution in [2.75, 3.05) is 5.43 Å². The molecule has 182 valence electrons. The number of amides is 2. The molecule has 5 N–H and O–H groups in total. The van der Waals surface area contributed by atoms with E-state index in [0.717, 1.165) is 16.7 Å². The maximum atomic E-state index is 12.4. The third-order valence-corrected chi connectivity index (χ3v) is 5.68. The van der Waals surface area contributed by atoms with Gasteiger partial charge in [0.2, 0.25) is 0 Å². The molecule has 2 atom stereocenters. The average Bonchev–Trinajstić information content (AvgIpc) is 2.83. The molecule has 0 saturated heterocycles. The van der Waals surface area contributed by atoms with Crippen LogP contribution in [-0.4, -0.2) is 40.1 Å². The molecule has 35 heavy (non-hydrogen) atoms. The van der Waals surface area contributed by atoms with Gasteiger partial charge < -0.3 is 15.5 Å². The van der Waals surface area contributed by atoms with Gasteiger partial charge in [-0.1, -0.05) is 71.7 Å². The zero-order chi connectivity index (χ0) is 25.4. The minimum Gasteiger partial charge on any atom is -0.479 e. The summed E-state index contributed by atoms with van der Waals surface area (Å²) in [6, 6.07) is 20.6. The first kappa shape index (κ1) is 26.0. The van der Waals surface area contributed by atoms with Crippen molar-refractivity contribution in [2.24, 2.45) is 0 Å². The van der Waals surface area contributed by atoms with Crippen molar-refractivity contribution in [1.82, 2.24) is 10.7 Å². The van der Waals surface area contributed by atoms with Crippen molar-refractivity contribution in [2.45, 2.75) is 25.0 Å². The molecular weight excluding hydrogens is 493 g/mol. The molecule has 0 spiro atoms. The van der Waals surface area contributed by atoms with E-state index in [1.54, 1.807) is 30.3 Å². The molecule has 0 saturated carbocycles. The zero-order valence-corrected chi connectivity index (χ0v) is 19.9. The first-order valence-electron chi connectivity index (χ1n) is 10.6. The van der Waals surface area contributed by atoms with Gasteiger partial charge in [-0.15, -0.1) is 0 Å². The maximum Gasteiger partial charge on any atom is 0.332 e. The Morgan fingerprint density at radius 3 is 2.23 bits per heavy atom. The summed E-state index contributed by atoms with van der Waals surface area (Å²) in [5.41, 5.74) is 7.82. The number of hydrogen-bond acceptors (Lipinski definition) is 5. The summed E-state index contributed by atoms with van der Waals surface area (Å²) in [5, 5.41) is 22.4. The van der Waals surface area contributed by atoms with E-state index < -0.39 is 29.9 Å². The van der Waals surface area contributed by atoms with Crippen molar-refractivity contribution in [3.63, 3.8) is 0 Å². The molecule has 0 aliphatic carbocycles. The normalized spacial score (nSPS) is 12.3. The van der Waals surface area contributed by atoms with Crippen LogP contribution in [0.5, 0.6) is 0 Å². The molecule has 3 aromatic rings. The highest BCUT2D eigenvalue weighted by atomic mass is 35.5. The predicted octanol–water partition coefficient (Wildman–Crippen LogP) is 3.67. The van der Waals surface area contributed by atoms with Crippen molar-refractivity contribution in [1.29, 1.82) is 0 Å². The minimum absolute atomic E-state index is 0.192. The van der Waals surface area contributed by atoms with Gasteiger partial charge in [-0.25, -0.2) is 4.79 Å². The lowest BCUT2D eigenvalue weighted by Gasteiger charge is -2.20. The van der Waals surface area contributed by atoms with Crippen LogP contribution in [-0.2, 0) is 20.8 Å². The number of carbonyl (C=O) groups is 3. The Morgan fingerprint density at radius 1 is 0.857 bits per heavy atom. The monoisotopic (exact) mass is 515 g/mol. The number of benzene rings is 3. The standard InChI is InChI=1S/C25H23Cl2N3O5/c26-18-5-3-4-17(13-18)16-10-8-15(9-11-16)12-19(14-22(31)25(34)35)28-23(32)24(33)30-29-21-7-2-1-6-20(21)27/h1-11,13,19,22,29,31H,12,14H2,(H,28,32)(H,30,33)(H,34,35)/t19-,22-/m1/s1. The Bertz CT molecular complexity index is 1200. The van der Waals surface area contributed by atoms with E-state index in [1.165, 1.54) is 0 Å². The molecule has 2 amide bonds. The second kappa shape index (κ2) is 12.2. The molecule has 0 aliphatic rings. The number of aliphatic carboxylic acids is 1. The number of carboxylic acid groups (broad SMARTS) is 1. The second-order valence-electron chi connectivity index (χ2n) is 7.73. The molecule has 8 nitrogen and oxygen atoms in total. The highest BCUT2D eigenvalue weighted by molar-refractivity contribution is 6.36. The lowest BCUT2D eigenvalue weighted by molar-refractivity contribution is -0.147. The van der Waals surface area contributed by atoms with Crippen molar-refractivity contribution >= 4 is 46.7 Å². The van der Waals surface area contributed by atoms with Gasteiger partial charge in [0.05, 0.1) is 10.7 Å². The van der Waals surface area contributed by atoms with E-state index in [0.29, 0.717) is 15.7 Å². The molecule has 0 fully saturated rings. The van der Waals surface area contributed by atoms with Crippen molar-refractivity contribution in [3.8, 4) is 11.1 Å². The number of rotatable bonds is 9. The molecule has 0 aliphatic heterocycles. The van der Waals surface area contributed by atoms with Crippen LogP contribution in [0, 0.1) is 0 Å². The third kappa shape index (κ3) is 7.71. The average molecular weight is 516 g/mol. The van der Waals surface area contributed by atoms with Crippen LogP contribution in [0.1, 0.15) is 12.0 Å². The van der Waals surface area contributed by atoms with Gasteiger partial charge in [0.15, 0.2) is 6.10 Å². The quantitative estimate of drug-likeness (QED) is 0.218. The zero-order valence-electron chi connectivity index (χ0n) is 18.4. The number of anilines is 1. The maximum absolute atomic E-state index is 12.4. The first-order valence-corrected chi connectivity index (χ1v) is 11.4. The molecule has 3 aromatic carbocycles. The van der Waals surface area contributed by atoms with Crippen LogP contribution < -0.4 is 16.2 Å². The lowest BCUT2D eigenvalue weighted by Crippen LogP contribution is -2.48. The molecular formula is C25H23Cl2N3O5. The van der Waals surface area contributed by atoms with Gasteiger partial charge in [0, 0.05) is 17.5 Å². The Labute approximate surface area is 211 Å².